The largest absolute Gasteiger partial charge is 0.263 e. The molecule has 0 unspecified atom stereocenters. The van der Waals surface area contributed by atoms with Crippen molar-refractivity contribution in [3.8, 4) is 6.07 Å². The molecule has 6 heteroatoms. The maximum Gasteiger partial charge on any atom is 0.151 e. The molecule has 2 rings (SSSR count). The average molecular weight is 241 g/mol. The van der Waals surface area contributed by atoms with Gasteiger partial charge in [0.2, 0.25) is 0 Å². The third kappa shape index (κ3) is 1.98. The van der Waals surface area contributed by atoms with Gasteiger partial charge in [-0.2, -0.15) is 10.4 Å². The van der Waals surface area contributed by atoms with Crippen LogP contribution in [0.15, 0.2) is 23.5 Å². The Hall–Kier alpha value is -2.55. The monoisotopic (exact) mass is 241 g/mol. The minimum atomic E-state index is 0.359. The van der Waals surface area contributed by atoms with E-state index in [0.717, 1.165) is 5.56 Å². The van der Waals surface area contributed by atoms with Crippen LogP contribution in [0.1, 0.15) is 22.6 Å². The second kappa shape index (κ2) is 4.75. The first-order valence-electron chi connectivity index (χ1n) is 5.38. The quantitative estimate of drug-likeness (QED) is 0.771. The molecule has 0 aromatic carbocycles. The Labute approximate surface area is 104 Å². The Kier molecular flexibility index (Phi) is 3.15. The zero-order valence-corrected chi connectivity index (χ0v) is 10.1. The van der Waals surface area contributed by atoms with Crippen molar-refractivity contribution < 1.29 is 0 Å². The minimum Gasteiger partial charge on any atom is -0.263 e. The van der Waals surface area contributed by atoms with Crippen LogP contribution in [-0.4, -0.2) is 14.8 Å². The number of hydrogen-bond donors (Lipinski definition) is 0. The smallest absolute Gasteiger partial charge is 0.151 e. The number of pyridine rings is 1. The molecule has 2 aromatic rings. The average Bonchev–Trinajstić information content (AvgIpc) is 2.65. The van der Waals surface area contributed by atoms with E-state index < -0.39 is 0 Å². The van der Waals surface area contributed by atoms with Crippen LogP contribution in [0, 0.1) is 30.1 Å². The first-order chi connectivity index (χ1) is 8.67. The van der Waals surface area contributed by atoms with Crippen LogP contribution in [0.25, 0.3) is 0 Å². The number of aryl methyl sites for hydroxylation is 1. The summed E-state index contributed by atoms with van der Waals surface area (Å²) in [5.41, 5.74) is 2.77. The van der Waals surface area contributed by atoms with Crippen LogP contribution >= 0.6 is 0 Å². The predicted octanol–water partition coefficient (Wildman–Crippen LogP) is 2.21. The lowest BCUT2D eigenvalue weighted by atomic mass is 10.2. The standard InChI is InChI=1S/C12H11N5O/c1-8-12(16-18)9(2)17(15-8)7-10-4-3-5-14-11(10)6-13/h3-5H,7H2,1-2H3. The zero-order chi connectivity index (χ0) is 13.1. The fraction of sp³-hybridized carbons (Fsp3) is 0.250. The summed E-state index contributed by atoms with van der Waals surface area (Å²) < 4.78 is 1.66. The van der Waals surface area contributed by atoms with E-state index >= 15 is 0 Å². The molecular weight excluding hydrogens is 230 g/mol. The van der Waals surface area contributed by atoms with Crippen LogP contribution in [0.4, 0.5) is 5.69 Å². The van der Waals surface area contributed by atoms with Crippen molar-refractivity contribution in [3.05, 3.63) is 45.9 Å². The van der Waals surface area contributed by atoms with Crippen molar-refractivity contribution in [1.82, 2.24) is 14.8 Å². The number of rotatable bonds is 3. The molecule has 0 atom stereocenters. The molecule has 2 aromatic heterocycles. The molecule has 0 spiro atoms. The molecule has 0 radical (unpaired) electrons. The fourth-order valence-corrected chi connectivity index (χ4v) is 1.80. The van der Waals surface area contributed by atoms with Crippen molar-refractivity contribution in [2.75, 3.05) is 0 Å². The van der Waals surface area contributed by atoms with Crippen LogP contribution in [0.5, 0.6) is 0 Å². The molecule has 90 valence electrons. The van der Waals surface area contributed by atoms with Gasteiger partial charge in [0.25, 0.3) is 0 Å². The Morgan fingerprint density at radius 2 is 2.28 bits per heavy atom. The van der Waals surface area contributed by atoms with E-state index in [0.29, 0.717) is 29.3 Å². The third-order valence-electron chi connectivity index (χ3n) is 2.75. The van der Waals surface area contributed by atoms with Gasteiger partial charge in [0, 0.05) is 11.8 Å². The summed E-state index contributed by atoms with van der Waals surface area (Å²) in [6.45, 7) is 3.91. The molecule has 0 aliphatic carbocycles. The normalized spacial score (nSPS) is 10.1. The van der Waals surface area contributed by atoms with Gasteiger partial charge < -0.3 is 0 Å². The van der Waals surface area contributed by atoms with E-state index in [1.54, 1.807) is 30.8 Å². The second-order valence-electron chi connectivity index (χ2n) is 3.89. The molecule has 0 saturated carbocycles. The number of hydrogen-bond acceptors (Lipinski definition) is 5. The summed E-state index contributed by atoms with van der Waals surface area (Å²) in [7, 11) is 0. The van der Waals surface area contributed by atoms with Gasteiger partial charge in [-0.05, 0) is 25.1 Å². The van der Waals surface area contributed by atoms with Gasteiger partial charge in [0.15, 0.2) is 5.69 Å². The minimum absolute atomic E-state index is 0.359. The SMILES string of the molecule is Cc1nn(Cc2cccnc2C#N)c(C)c1N=O. The zero-order valence-electron chi connectivity index (χ0n) is 10.1. The number of nitriles is 1. The van der Waals surface area contributed by atoms with Crippen LogP contribution in [-0.2, 0) is 6.54 Å². The van der Waals surface area contributed by atoms with Crippen molar-refractivity contribution >= 4 is 5.69 Å². The Morgan fingerprint density at radius 3 is 2.89 bits per heavy atom. The number of aromatic nitrogens is 3. The van der Waals surface area contributed by atoms with Gasteiger partial charge in [0.1, 0.15) is 11.8 Å². The molecule has 0 aliphatic rings. The maximum absolute atomic E-state index is 10.7. The highest BCUT2D eigenvalue weighted by atomic mass is 16.3. The topological polar surface area (TPSA) is 83.9 Å². The van der Waals surface area contributed by atoms with Gasteiger partial charge in [-0.1, -0.05) is 6.07 Å². The van der Waals surface area contributed by atoms with E-state index in [1.807, 2.05) is 12.1 Å². The summed E-state index contributed by atoms with van der Waals surface area (Å²) in [5, 5.41) is 16.2. The molecule has 0 amide bonds. The van der Waals surface area contributed by atoms with E-state index in [4.69, 9.17) is 5.26 Å². The van der Waals surface area contributed by atoms with E-state index in [1.165, 1.54) is 0 Å². The first kappa shape index (κ1) is 11.9. The molecule has 6 nitrogen and oxygen atoms in total. The summed E-state index contributed by atoms with van der Waals surface area (Å²) in [5.74, 6) is 0. The van der Waals surface area contributed by atoms with Gasteiger partial charge in [-0.25, -0.2) is 4.98 Å². The highest BCUT2D eigenvalue weighted by molar-refractivity contribution is 5.46. The van der Waals surface area contributed by atoms with Crippen LogP contribution in [0.3, 0.4) is 0 Å². The highest BCUT2D eigenvalue weighted by Gasteiger charge is 2.13. The lowest BCUT2D eigenvalue weighted by Crippen LogP contribution is -2.06. The van der Waals surface area contributed by atoms with Gasteiger partial charge in [-0.3, -0.25) is 4.68 Å². The van der Waals surface area contributed by atoms with E-state index in [9.17, 15) is 4.91 Å². The van der Waals surface area contributed by atoms with Crippen LogP contribution < -0.4 is 0 Å². The van der Waals surface area contributed by atoms with E-state index in [2.05, 4.69) is 15.3 Å². The lowest BCUT2D eigenvalue weighted by molar-refractivity contribution is 0.656. The van der Waals surface area contributed by atoms with Gasteiger partial charge in [-0.15, -0.1) is 4.91 Å². The third-order valence-corrected chi connectivity index (χ3v) is 2.75. The van der Waals surface area contributed by atoms with Crippen molar-refractivity contribution in [2.24, 2.45) is 5.18 Å². The molecule has 0 bridgehead atoms. The van der Waals surface area contributed by atoms with Gasteiger partial charge >= 0.3 is 0 Å². The summed E-state index contributed by atoms with van der Waals surface area (Å²) >= 11 is 0. The molecule has 2 heterocycles. The Balaban J connectivity index is 2.41. The molecule has 0 N–H and O–H groups in total. The summed E-state index contributed by atoms with van der Waals surface area (Å²) in [4.78, 5) is 14.7. The first-order valence-corrected chi connectivity index (χ1v) is 5.38. The van der Waals surface area contributed by atoms with Crippen molar-refractivity contribution in [3.63, 3.8) is 0 Å². The number of nitroso groups, excluding NO2 is 1. The maximum atomic E-state index is 10.7. The highest BCUT2D eigenvalue weighted by Crippen LogP contribution is 2.23. The molecule has 0 saturated heterocycles. The number of nitrogens with zero attached hydrogens (tertiary/aromatic N) is 5. The molecule has 0 aliphatic heterocycles. The van der Waals surface area contributed by atoms with Crippen LogP contribution in [0.2, 0.25) is 0 Å². The molecule has 18 heavy (non-hydrogen) atoms. The Bertz CT molecular complexity index is 638. The molecule has 0 fully saturated rings. The second-order valence-corrected chi connectivity index (χ2v) is 3.89. The summed E-state index contributed by atoms with van der Waals surface area (Å²) in [6, 6.07) is 5.61. The fourth-order valence-electron chi connectivity index (χ4n) is 1.80. The van der Waals surface area contributed by atoms with Crippen molar-refractivity contribution in [1.29, 1.82) is 5.26 Å². The summed E-state index contributed by atoms with van der Waals surface area (Å²) in [6.07, 6.45) is 1.57. The Morgan fingerprint density at radius 1 is 1.50 bits per heavy atom. The van der Waals surface area contributed by atoms with E-state index in [-0.39, 0.29) is 0 Å². The van der Waals surface area contributed by atoms with Gasteiger partial charge in [0.05, 0.1) is 17.9 Å². The predicted molar refractivity (Wildman–Crippen MR) is 65.2 cm³/mol. The lowest BCUT2D eigenvalue weighted by Gasteiger charge is -2.05. The molecular formula is C12H11N5O. The van der Waals surface area contributed by atoms with Crippen molar-refractivity contribution in [2.45, 2.75) is 20.4 Å².